The molecule has 11 atom stereocenters. The predicted molar refractivity (Wildman–Crippen MR) is 97.4 cm³/mol. The molecule has 1 amide bonds. The lowest BCUT2D eigenvalue weighted by Crippen LogP contribution is -2.68. The van der Waals surface area contributed by atoms with E-state index in [1.165, 1.54) is 0 Å². The second-order valence-electron chi connectivity index (χ2n) is 7.73. The zero-order chi connectivity index (χ0) is 24.4. The lowest BCUT2D eigenvalue weighted by Gasteiger charge is -2.47. The quantitative estimate of drug-likeness (QED) is 0.158. The van der Waals surface area contributed by atoms with Crippen molar-refractivity contribution in [2.75, 3.05) is 13.2 Å². The molecule has 2 aliphatic heterocycles. The number of aliphatic carboxylic acids is 1. The minimum atomic E-state index is -2.69. The van der Waals surface area contributed by atoms with Crippen molar-refractivity contribution in [2.24, 2.45) is 0 Å². The van der Waals surface area contributed by atoms with Crippen molar-refractivity contribution in [2.45, 2.75) is 80.3 Å². The molecule has 2 fully saturated rings. The van der Waals surface area contributed by atoms with Gasteiger partial charge in [0.05, 0.1) is 25.4 Å². The second kappa shape index (κ2) is 10.6. The number of aliphatic hydroxyl groups is 8. The Kier molecular flexibility index (Phi) is 8.88. The standard InChI is InChI=1S/C17H29NO14/c1-5(20)18-9-6(21)2-17(16(28)29,32-14(9)10(23)7(22)3-19)30-4-8-11(24)12(25)13(26)15(27)31-8/h6-15,19,21-27H,2-4H2,1H3,(H,18,20)(H,28,29)/t6-,7+,8+,9+,10+,11-,12-,13+,14+,15-,17-/m0/s1. The highest BCUT2D eigenvalue weighted by Crippen LogP contribution is 2.34. The van der Waals surface area contributed by atoms with Gasteiger partial charge >= 0.3 is 5.97 Å². The normalized spacial score (nSPS) is 42.2. The lowest BCUT2D eigenvalue weighted by atomic mass is 9.88. The van der Waals surface area contributed by atoms with Gasteiger partial charge in [-0.2, -0.15) is 0 Å². The summed E-state index contributed by atoms with van der Waals surface area (Å²) in [6.07, 6.45) is -16.9. The van der Waals surface area contributed by atoms with Crippen LogP contribution in [0, 0.1) is 0 Å². The molecule has 0 saturated carbocycles. The average molecular weight is 471 g/mol. The number of amides is 1. The van der Waals surface area contributed by atoms with Crippen LogP contribution in [0.25, 0.3) is 0 Å². The third-order valence-electron chi connectivity index (χ3n) is 5.35. The summed E-state index contributed by atoms with van der Waals surface area (Å²) >= 11 is 0. The van der Waals surface area contributed by atoms with Gasteiger partial charge in [0.2, 0.25) is 5.91 Å². The number of nitrogens with one attached hydrogen (secondary N) is 1. The largest absolute Gasteiger partial charge is 0.477 e. The molecule has 10 N–H and O–H groups in total. The molecule has 0 aromatic rings. The molecule has 32 heavy (non-hydrogen) atoms. The summed E-state index contributed by atoms with van der Waals surface area (Å²) in [6.45, 7) is -0.691. The molecule has 15 heteroatoms. The van der Waals surface area contributed by atoms with Gasteiger partial charge in [-0.05, 0) is 0 Å². The Morgan fingerprint density at radius 2 is 1.75 bits per heavy atom. The topological polar surface area (TPSA) is 256 Å². The average Bonchev–Trinajstić information content (AvgIpc) is 2.73. The first-order valence-electron chi connectivity index (χ1n) is 9.69. The number of carbonyl (C=O) groups is 2. The van der Waals surface area contributed by atoms with E-state index in [0.29, 0.717) is 0 Å². The van der Waals surface area contributed by atoms with Crippen LogP contribution in [0.3, 0.4) is 0 Å². The van der Waals surface area contributed by atoms with Gasteiger partial charge in [0.25, 0.3) is 5.79 Å². The number of hydrogen-bond acceptors (Lipinski definition) is 13. The van der Waals surface area contributed by atoms with Crippen molar-refractivity contribution in [1.29, 1.82) is 0 Å². The molecule has 0 bridgehead atoms. The van der Waals surface area contributed by atoms with Crippen LogP contribution in [-0.2, 0) is 23.8 Å². The van der Waals surface area contributed by atoms with E-state index in [4.69, 9.17) is 19.3 Å². The molecule has 2 rings (SSSR count). The third kappa shape index (κ3) is 5.52. The van der Waals surface area contributed by atoms with E-state index in [0.717, 1.165) is 6.92 Å². The van der Waals surface area contributed by atoms with E-state index in [9.17, 15) is 50.4 Å². The molecule has 0 aliphatic carbocycles. The monoisotopic (exact) mass is 471 g/mol. The first kappa shape index (κ1) is 26.7. The van der Waals surface area contributed by atoms with Crippen molar-refractivity contribution in [1.82, 2.24) is 5.32 Å². The Bertz CT molecular complexity index is 665. The Morgan fingerprint density at radius 1 is 1.12 bits per heavy atom. The molecular formula is C17H29NO14. The lowest BCUT2D eigenvalue weighted by molar-refractivity contribution is -0.334. The van der Waals surface area contributed by atoms with Gasteiger partial charge < -0.3 is 65.5 Å². The van der Waals surface area contributed by atoms with Crippen LogP contribution in [0.2, 0.25) is 0 Å². The van der Waals surface area contributed by atoms with Gasteiger partial charge in [-0.3, -0.25) is 4.79 Å². The third-order valence-corrected chi connectivity index (χ3v) is 5.35. The van der Waals surface area contributed by atoms with Crippen molar-refractivity contribution >= 4 is 11.9 Å². The first-order valence-corrected chi connectivity index (χ1v) is 9.69. The minimum Gasteiger partial charge on any atom is -0.477 e. The smallest absolute Gasteiger partial charge is 0.364 e. The molecule has 0 unspecified atom stereocenters. The van der Waals surface area contributed by atoms with E-state index < -0.39 is 98.5 Å². The van der Waals surface area contributed by atoms with Crippen LogP contribution < -0.4 is 5.32 Å². The Hall–Kier alpha value is -1.50. The van der Waals surface area contributed by atoms with Gasteiger partial charge in [-0.15, -0.1) is 0 Å². The highest BCUT2D eigenvalue weighted by molar-refractivity contribution is 5.76. The zero-order valence-electron chi connectivity index (χ0n) is 17.0. The molecule has 2 aliphatic rings. The van der Waals surface area contributed by atoms with Crippen molar-refractivity contribution in [3.63, 3.8) is 0 Å². The number of rotatable bonds is 8. The summed E-state index contributed by atoms with van der Waals surface area (Å²) < 4.78 is 15.5. The summed E-state index contributed by atoms with van der Waals surface area (Å²) in [5.41, 5.74) is 0. The Balaban J connectivity index is 2.27. The number of ether oxygens (including phenoxy) is 3. The van der Waals surface area contributed by atoms with Gasteiger partial charge in [0.1, 0.15) is 42.7 Å². The Labute approximate surface area is 181 Å². The molecule has 0 radical (unpaired) electrons. The fourth-order valence-corrected chi connectivity index (χ4v) is 3.56. The Morgan fingerprint density at radius 3 is 2.28 bits per heavy atom. The van der Waals surface area contributed by atoms with E-state index in [1.807, 2.05) is 0 Å². The van der Waals surface area contributed by atoms with E-state index >= 15 is 0 Å². The highest BCUT2D eigenvalue weighted by atomic mass is 16.7. The zero-order valence-corrected chi connectivity index (χ0v) is 17.0. The van der Waals surface area contributed by atoms with Crippen LogP contribution in [0.15, 0.2) is 0 Å². The van der Waals surface area contributed by atoms with Crippen molar-refractivity contribution < 1.29 is 69.8 Å². The number of aliphatic hydroxyl groups excluding tert-OH is 8. The second-order valence-corrected chi connectivity index (χ2v) is 7.73. The molecule has 15 nitrogen and oxygen atoms in total. The number of carboxylic acid groups (broad SMARTS) is 1. The predicted octanol–water partition coefficient (Wildman–Crippen LogP) is -6.05. The summed E-state index contributed by atoms with van der Waals surface area (Å²) in [5, 5.41) is 90.6. The summed E-state index contributed by atoms with van der Waals surface area (Å²) in [5.74, 6) is -5.15. The van der Waals surface area contributed by atoms with Gasteiger partial charge in [0, 0.05) is 13.3 Å². The summed E-state index contributed by atoms with van der Waals surface area (Å²) in [6, 6.07) is -1.39. The molecule has 0 aromatic carbocycles. The molecule has 186 valence electrons. The van der Waals surface area contributed by atoms with Gasteiger partial charge in [-0.25, -0.2) is 4.79 Å². The fraction of sp³-hybridized carbons (Fsp3) is 0.882. The van der Waals surface area contributed by atoms with Crippen LogP contribution in [0.1, 0.15) is 13.3 Å². The van der Waals surface area contributed by atoms with Crippen LogP contribution >= 0.6 is 0 Å². The summed E-state index contributed by atoms with van der Waals surface area (Å²) in [4.78, 5) is 23.5. The van der Waals surface area contributed by atoms with E-state index in [1.54, 1.807) is 0 Å². The first-order chi connectivity index (χ1) is 14.8. The maximum absolute atomic E-state index is 12.0. The van der Waals surface area contributed by atoms with E-state index in [-0.39, 0.29) is 0 Å². The summed E-state index contributed by atoms with van der Waals surface area (Å²) in [7, 11) is 0. The van der Waals surface area contributed by atoms with Crippen LogP contribution in [0.5, 0.6) is 0 Å². The fourth-order valence-electron chi connectivity index (χ4n) is 3.56. The number of carbonyl (C=O) groups excluding carboxylic acids is 1. The maximum atomic E-state index is 12.0. The molecule has 0 aromatic heterocycles. The highest BCUT2D eigenvalue weighted by Gasteiger charge is 2.56. The maximum Gasteiger partial charge on any atom is 0.364 e. The van der Waals surface area contributed by atoms with Crippen LogP contribution in [-0.4, -0.2) is 138 Å². The molecule has 2 saturated heterocycles. The molecule has 0 spiro atoms. The molecular weight excluding hydrogens is 442 g/mol. The number of hydrogen-bond donors (Lipinski definition) is 10. The van der Waals surface area contributed by atoms with Crippen LogP contribution in [0.4, 0.5) is 0 Å². The molecule has 2 heterocycles. The van der Waals surface area contributed by atoms with Crippen molar-refractivity contribution in [3.8, 4) is 0 Å². The van der Waals surface area contributed by atoms with Gasteiger partial charge in [-0.1, -0.05) is 0 Å². The number of carboxylic acids is 1. The van der Waals surface area contributed by atoms with Crippen molar-refractivity contribution in [3.05, 3.63) is 0 Å². The minimum absolute atomic E-state index is 0.669. The SMILES string of the molecule is CC(=O)N[C@H]1[C@H]([C@H](O)[C@H](O)CO)O[C@](OC[C@H]2O[C@H](O)[C@H](O)[C@@H](O)[C@H]2O)(C(=O)O)C[C@@H]1O. The van der Waals surface area contributed by atoms with Gasteiger partial charge in [0.15, 0.2) is 6.29 Å². The van der Waals surface area contributed by atoms with E-state index in [2.05, 4.69) is 5.32 Å².